The van der Waals surface area contributed by atoms with Crippen LogP contribution in [0.2, 0.25) is 5.02 Å². The van der Waals surface area contributed by atoms with Crippen molar-refractivity contribution in [3.8, 4) is 0 Å². The molecular formula is C34H42ClF3N6O4. The second-order valence-electron chi connectivity index (χ2n) is 13.3. The maximum atomic E-state index is 13.9. The second-order valence-corrected chi connectivity index (χ2v) is 13.7. The molecule has 0 radical (unpaired) electrons. The monoisotopic (exact) mass is 690 g/mol. The summed E-state index contributed by atoms with van der Waals surface area (Å²) >= 11 is 6.09. The van der Waals surface area contributed by atoms with Gasteiger partial charge in [0, 0.05) is 63.0 Å². The summed E-state index contributed by atoms with van der Waals surface area (Å²) in [5.41, 5.74) is 5.89. The van der Waals surface area contributed by atoms with Gasteiger partial charge in [0.25, 0.3) is 5.91 Å². The lowest BCUT2D eigenvalue weighted by Crippen LogP contribution is -2.52. The highest BCUT2D eigenvalue weighted by atomic mass is 35.5. The Bertz CT molecular complexity index is 1520. The lowest BCUT2D eigenvalue weighted by Gasteiger charge is -2.39. The van der Waals surface area contributed by atoms with Crippen LogP contribution < -0.4 is 11.1 Å². The third kappa shape index (κ3) is 7.62. The molecule has 2 saturated heterocycles. The van der Waals surface area contributed by atoms with Crippen LogP contribution >= 0.6 is 11.6 Å². The topological polar surface area (TPSA) is 111 Å². The summed E-state index contributed by atoms with van der Waals surface area (Å²) in [6.45, 7) is 2.06. The van der Waals surface area contributed by atoms with Gasteiger partial charge in [-0.2, -0.15) is 13.2 Å². The first-order valence-corrected chi connectivity index (χ1v) is 17.0. The first-order valence-electron chi connectivity index (χ1n) is 16.7. The van der Waals surface area contributed by atoms with Crippen LogP contribution in [0, 0.1) is 0 Å². The predicted molar refractivity (Wildman–Crippen MR) is 176 cm³/mol. The van der Waals surface area contributed by atoms with Crippen LogP contribution in [-0.4, -0.2) is 102 Å². The molecule has 6 rings (SSSR count). The van der Waals surface area contributed by atoms with Crippen LogP contribution in [0.4, 0.5) is 34.1 Å². The molecule has 3 fully saturated rings. The maximum Gasteiger partial charge on any atom is 0.418 e. The Hall–Kier alpha value is -3.71. The number of hydrogen-bond donors (Lipinski definition) is 2. The normalized spacial score (nSPS) is 20.3. The molecule has 48 heavy (non-hydrogen) atoms. The molecule has 4 aliphatic rings. The summed E-state index contributed by atoms with van der Waals surface area (Å²) < 4.78 is 47.1. The number of likely N-dealkylation sites (tertiary alicyclic amines) is 2. The Morgan fingerprint density at radius 3 is 2.31 bits per heavy atom. The zero-order valence-corrected chi connectivity index (χ0v) is 27.7. The number of rotatable bonds is 7. The fourth-order valence-electron chi connectivity index (χ4n) is 7.19. The van der Waals surface area contributed by atoms with Gasteiger partial charge in [-0.1, -0.05) is 29.8 Å². The third-order valence-electron chi connectivity index (χ3n) is 10.2. The smallest absolute Gasteiger partial charge is 0.418 e. The Morgan fingerprint density at radius 1 is 1.00 bits per heavy atom. The number of carbonyl (C=O) groups excluding carboxylic acids is 3. The zero-order chi connectivity index (χ0) is 34.2. The van der Waals surface area contributed by atoms with Crippen molar-refractivity contribution in [3.05, 3.63) is 58.1 Å². The van der Waals surface area contributed by atoms with Gasteiger partial charge in [-0.3, -0.25) is 4.79 Å². The molecular weight excluding hydrogens is 649 g/mol. The number of fused-ring (bicyclic) bond motifs is 1. The van der Waals surface area contributed by atoms with Gasteiger partial charge in [-0.05, 0) is 81.3 Å². The zero-order valence-electron chi connectivity index (χ0n) is 27.0. The minimum atomic E-state index is -4.76. The van der Waals surface area contributed by atoms with Gasteiger partial charge in [0.1, 0.15) is 0 Å². The van der Waals surface area contributed by atoms with E-state index in [-0.39, 0.29) is 29.1 Å². The fraction of sp³-hybridized carbons (Fsp3) is 0.559. The molecule has 3 aliphatic heterocycles. The molecule has 10 nitrogen and oxygen atoms in total. The molecule has 260 valence electrons. The van der Waals surface area contributed by atoms with Gasteiger partial charge in [0.2, 0.25) is 0 Å². The van der Waals surface area contributed by atoms with Crippen LogP contribution in [0.25, 0.3) is 0 Å². The fourth-order valence-corrected chi connectivity index (χ4v) is 7.43. The molecule has 0 aromatic heterocycles. The van der Waals surface area contributed by atoms with Crippen molar-refractivity contribution >= 4 is 41.0 Å². The molecule has 3 heterocycles. The van der Waals surface area contributed by atoms with Gasteiger partial charge in [-0.25, -0.2) is 9.59 Å². The van der Waals surface area contributed by atoms with E-state index in [0.717, 1.165) is 30.2 Å². The van der Waals surface area contributed by atoms with Crippen molar-refractivity contribution in [2.24, 2.45) is 0 Å². The first kappa shape index (κ1) is 34.2. The lowest BCUT2D eigenvalue weighted by molar-refractivity contribution is -0.142. The van der Waals surface area contributed by atoms with Crippen molar-refractivity contribution in [3.63, 3.8) is 0 Å². The largest absolute Gasteiger partial charge is 0.436 e. The molecule has 0 spiro atoms. The quantitative estimate of drug-likeness (QED) is 0.365. The van der Waals surface area contributed by atoms with Gasteiger partial charge in [0.15, 0.2) is 6.10 Å². The lowest BCUT2D eigenvalue weighted by atomic mass is 10.00. The van der Waals surface area contributed by atoms with Crippen LogP contribution in [-0.2, 0) is 28.5 Å². The Morgan fingerprint density at radius 2 is 1.65 bits per heavy atom. The molecule has 3 N–H and O–H groups in total. The number of nitrogen functional groups attached to an aromatic ring is 1. The number of halogens is 4. The van der Waals surface area contributed by atoms with E-state index in [1.165, 1.54) is 23.8 Å². The highest BCUT2D eigenvalue weighted by Crippen LogP contribution is 2.38. The summed E-state index contributed by atoms with van der Waals surface area (Å²) in [7, 11) is 2.11. The highest BCUT2D eigenvalue weighted by molar-refractivity contribution is 6.33. The second kappa shape index (κ2) is 14.0. The number of nitrogens with zero attached hydrogens (tertiary/aromatic N) is 4. The van der Waals surface area contributed by atoms with E-state index < -0.39 is 35.5 Å². The standard InChI is InChI=1S/C34H42ClF3N6O4/c1-41(23-6-7-23)24-9-13-42(14-10-24)31(45)29(20-21-18-26(34(36,37)38)30(39)27(35)19-21)48-33(47)43-15-11-25(12-16-43)44-17-8-22-4-2-3-5-28(22)40-32(44)46/h2-5,18-19,23-25,29H,6-17,20,39H2,1H3,(H,40,46)/t29-/m1/s1. The molecule has 0 unspecified atom stereocenters. The number of carbonyl (C=O) groups is 3. The van der Waals surface area contributed by atoms with Crippen molar-refractivity contribution in [2.45, 2.75) is 81.8 Å². The summed E-state index contributed by atoms with van der Waals surface area (Å²) in [6, 6.07) is 10.5. The SMILES string of the molecule is CN(C1CC1)C1CCN(C(=O)[C@@H](Cc2cc(Cl)c(N)c(C(F)(F)F)c2)OC(=O)N2CCC(N3CCc4ccccc4NC3=O)CC2)CC1. The van der Waals surface area contributed by atoms with E-state index in [2.05, 4.69) is 17.3 Å². The molecule has 14 heteroatoms. The van der Waals surface area contributed by atoms with E-state index >= 15 is 0 Å². The van der Waals surface area contributed by atoms with E-state index in [4.69, 9.17) is 22.1 Å². The molecule has 2 aromatic carbocycles. The number of amides is 4. The predicted octanol–water partition coefficient (Wildman–Crippen LogP) is 5.63. The van der Waals surface area contributed by atoms with E-state index in [9.17, 15) is 27.6 Å². The minimum Gasteiger partial charge on any atom is -0.436 e. The van der Waals surface area contributed by atoms with E-state index in [1.54, 1.807) is 4.90 Å². The third-order valence-corrected chi connectivity index (χ3v) is 10.5. The summed E-state index contributed by atoms with van der Waals surface area (Å²) in [4.78, 5) is 47.7. The molecule has 1 aliphatic carbocycles. The number of alkyl halides is 3. The summed E-state index contributed by atoms with van der Waals surface area (Å²) in [5, 5.41) is 2.70. The Kier molecular flexibility index (Phi) is 9.98. The van der Waals surface area contributed by atoms with Crippen molar-refractivity contribution in [1.29, 1.82) is 0 Å². The average molecular weight is 691 g/mol. The number of urea groups is 1. The number of para-hydroxylation sites is 1. The van der Waals surface area contributed by atoms with E-state index in [1.807, 2.05) is 29.2 Å². The maximum absolute atomic E-state index is 13.9. The van der Waals surface area contributed by atoms with Gasteiger partial charge < -0.3 is 35.4 Å². The number of nitrogens with one attached hydrogen (secondary N) is 1. The number of anilines is 2. The molecule has 1 saturated carbocycles. The van der Waals surface area contributed by atoms with Crippen LogP contribution in [0.15, 0.2) is 36.4 Å². The van der Waals surface area contributed by atoms with Gasteiger partial charge in [-0.15, -0.1) is 0 Å². The highest BCUT2D eigenvalue weighted by Gasteiger charge is 2.39. The van der Waals surface area contributed by atoms with E-state index in [0.29, 0.717) is 64.1 Å². The minimum absolute atomic E-state index is 0.0860. The van der Waals surface area contributed by atoms with Crippen molar-refractivity contribution in [1.82, 2.24) is 19.6 Å². The number of hydrogen-bond acceptors (Lipinski definition) is 6. The first-order chi connectivity index (χ1) is 22.9. The molecule has 4 amide bonds. The number of benzene rings is 2. The van der Waals surface area contributed by atoms with Crippen molar-refractivity contribution < 1.29 is 32.3 Å². The molecule has 2 aromatic rings. The van der Waals surface area contributed by atoms with Crippen LogP contribution in [0.1, 0.15) is 55.2 Å². The number of nitrogens with two attached hydrogens (primary N) is 1. The van der Waals surface area contributed by atoms with Gasteiger partial charge in [0.05, 0.1) is 16.3 Å². The Labute approximate surface area is 283 Å². The number of ether oxygens (including phenoxy) is 1. The van der Waals surface area contributed by atoms with Crippen LogP contribution in [0.5, 0.6) is 0 Å². The van der Waals surface area contributed by atoms with Gasteiger partial charge >= 0.3 is 18.3 Å². The molecule has 1 atom stereocenters. The summed E-state index contributed by atoms with van der Waals surface area (Å²) in [5.74, 6) is -0.451. The van der Waals surface area contributed by atoms with Crippen molar-refractivity contribution in [2.75, 3.05) is 50.8 Å². The summed E-state index contributed by atoms with van der Waals surface area (Å²) in [6.07, 6.45) is -1.52. The molecule has 0 bridgehead atoms. The Balaban J connectivity index is 1.12. The number of piperidine rings is 2. The average Bonchev–Trinajstić information content (AvgIpc) is 3.93. The van der Waals surface area contributed by atoms with Crippen LogP contribution in [0.3, 0.4) is 0 Å².